The standard InChI is InChI=1S/C8H6ClFN2/c9-6-2-1-5(3-4-11)8(12)7(6)10/h1-2H,3,12H2. The van der Waals surface area contributed by atoms with Crippen molar-refractivity contribution in [3.63, 3.8) is 0 Å². The topological polar surface area (TPSA) is 49.8 Å². The Kier molecular flexibility index (Phi) is 2.51. The molecule has 0 unspecified atom stereocenters. The van der Waals surface area contributed by atoms with Gasteiger partial charge in [-0.15, -0.1) is 0 Å². The van der Waals surface area contributed by atoms with Gasteiger partial charge < -0.3 is 5.73 Å². The average Bonchev–Trinajstić information content (AvgIpc) is 2.07. The van der Waals surface area contributed by atoms with Gasteiger partial charge in [-0.2, -0.15) is 5.26 Å². The fourth-order valence-electron chi connectivity index (χ4n) is 0.846. The van der Waals surface area contributed by atoms with Crippen LogP contribution in [0, 0.1) is 17.1 Å². The number of nitrogens with two attached hydrogens (primary N) is 1. The molecule has 0 aliphatic rings. The van der Waals surface area contributed by atoms with Crippen LogP contribution < -0.4 is 5.73 Å². The number of nitriles is 1. The lowest BCUT2D eigenvalue weighted by Crippen LogP contribution is -1.97. The minimum Gasteiger partial charge on any atom is -0.396 e. The van der Waals surface area contributed by atoms with Gasteiger partial charge in [0.05, 0.1) is 23.2 Å². The highest BCUT2D eigenvalue weighted by molar-refractivity contribution is 6.31. The van der Waals surface area contributed by atoms with E-state index >= 15 is 0 Å². The maximum Gasteiger partial charge on any atom is 0.164 e. The molecule has 0 heterocycles. The molecule has 0 saturated heterocycles. The summed E-state index contributed by atoms with van der Waals surface area (Å²) in [6.07, 6.45) is 0.0971. The number of hydrogen-bond acceptors (Lipinski definition) is 2. The first-order chi connectivity index (χ1) is 5.66. The fourth-order valence-corrected chi connectivity index (χ4v) is 1.01. The van der Waals surface area contributed by atoms with Gasteiger partial charge in [-0.25, -0.2) is 4.39 Å². The Hall–Kier alpha value is -1.27. The van der Waals surface area contributed by atoms with Gasteiger partial charge in [-0.3, -0.25) is 0 Å². The summed E-state index contributed by atoms with van der Waals surface area (Å²) in [4.78, 5) is 0. The maximum atomic E-state index is 12.9. The second kappa shape index (κ2) is 3.42. The zero-order valence-corrected chi connectivity index (χ0v) is 6.90. The molecule has 0 radical (unpaired) electrons. The molecular formula is C8H6ClFN2. The van der Waals surface area contributed by atoms with Crippen LogP contribution in [0.25, 0.3) is 0 Å². The van der Waals surface area contributed by atoms with Crippen molar-refractivity contribution < 1.29 is 4.39 Å². The van der Waals surface area contributed by atoms with Gasteiger partial charge in [0.25, 0.3) is 0 Å². The van der Waals surface area contributed by atoms with E-state index in [2.05, 4.69) is 0 Å². The number of anilines is 1. The Morgan fingerprint density at radius 2 is 2.25 bits per heavy atom. The Morgan fingerprint density at radius 1 is 1.58 bits per heavy atom. The maximum absolute atomic E-state index is 12.9. The van der Waals surface area contributed by atoms with E-state index in [-0.39, 0.29) is 17.1 Å². The van der Waals surface area contributed by atoms with Crippen LogP contribution in [0.5, 0.6) is 0 Å². The molecule has 0 aliphatic carbocycles. The summed E-state index contributed by atoms with van der Waals surface area (Å²) in [6.45, 7) is 0. The summed E-state index contributed by atoms with van der Waals surface area (Å²) in [5.41, 5.74) is 5.79. The molecule has 62 valence electrons. The van der Waals surface area contributed by atoms with Crippen LogP contribution in [-0.4, -0.2) is 0 Å². The molecule has 0 aliphatic heterocycles. The molecule has 0 spiro atoms. The Labute approximate surface area is 74.4 Å². The molecule has 2 nitrogen and oxygen atoms in total. The summed E-state index contributed by atoms with van der Waals surface area (Å²) in [6, 6.07) is 4.82. The van der Waals surface area contributed by atoms with Crippen molar-refractivity contribution in [2.24, 2.45) is 0 Å². The predicted molar refractivity (Wildman–Crippen MR) is 45.1 cm³/mol. The second-order valence-corrected chi connectivity index (χ2v) is 2.68. The van der Waals surface area contributed by atoms with Crippen molar-refractivity contribution in [1.29, 1.82) is 5.26 Å². The zero-order valence-electron chi connectivity index (χ0n) is 6.14. The molecule has 4 heteroatoms. The SMILES string of the molecule is N#CCc1ccc(Cl)c(F)c1N. The molecule has 12 heavy (non-hydrogen) atoms. The van der Waals surface area contributed by atoms with Crippen LogP contribution in [0.1, 0.15) is 5.56 Å². The highest BCUT2D eigenvalue weighted by Crippen LogP contribution is 2.23. The minimum atomic E-state index is -0.649. The lowest BCUT2D eigenvalue weighted by molar-refractivity contribution is 0.631. The molecule has 0 saturated carbocycles. The van der Waals surface area contributed by atoms with Gasteiger partial charge >= 0.3 is 0 Å². The third-order valence-electron chi connectivity index (χ3n) is 1.49. The van der Waals surface area contributed by atoms with Crippen molar-refractivity contribution in [3.8, 4) is 6.07 Å². The summed E-state index contributed by atoms with van der Waals surface area (Å²) in [7, 11) is 0. The van der Waals surface area contributed by atoms with Crippen LogP contribution in [0.4, 0.5) is 10.1 Å². The van der Waals surface area contributed by atoms with E-state index in [0.717, 1.165) is 0 Å². The summed E-state index contributed by atoms with van der Waals surface area (Å²) in [5.74, 6) is -0.649. The molecule has 2 N–H and O–H groups in total. The molecule has 0 amide bonds. The molecular weight excluding hydrogens is 179 g/mol. The van der Waals surface area contributed by atoms with Crippen LogP contribution in [-0.2, 0) is 6.42 Å². The number of hydrogen-bond donors (Lipinski definition) is 1. The second-order valence-electron chi connectivity index (χ2n) is 2.27. The molecule has 1 aromatic carbocycles. The van der Waals surface area contributed by atoms with Gasteiger partial charge in [-0.1, -0.05) is 17.7 Å². The first-order valence-corrected chi connectivity index (χ1v) is 3.64. The molecule has 0 bridgehead atoms. The van der Waals surface area contributed by atoms with E-state index in [4.69, 9.17) is 22.6 Å². The van der Waals surface area contributed by atoms with Gasteiger partial charge in [0, 0.05) is 0 Å². The van der Waals surface area contributed by atoms with E-state index in [9.17, 15) is 4.39 Å². The number of nitrogens with zero attached hydrogens (tertiary/aromatic N) is 1. The van der Waals surface area contributed by atoms with E-state index in [1.165, 1.54) is 6.07 Å². The van der Waals surface area contributed by atoms with Crippen LogP contribution in [0.3, 0.4) is 0 Å². The quantitative estimate of drug-likeness (QED) is 0.680. The molecule has 1 rings (SSSR count). The Morgan fingerprint density at radius 3 is 2.83 bits per heavy atom. The molecule has 0 aromatic heterocycles. The van der Waals surface area contributed by atoms with E-state index in [1.54, 1.807) is 6.07 Å². The largest absolute Gasteiger partial charge is 0.396 e. The van der Waals surface area contributed by atoms with Crippen molar-refractivity contribution in [2.45, 2.75) is 6.42 Å². The van der Waals surface area contributed by atoms with Gasteiger partial charge in [-0.05, 0) is 11.6 Å². The van der Waals surface area contributed by atoms with Crippen molar-refractivity contribution >= 4 is 17.3 Å². The van der Waals surface area contributed by atoms with Gasteiger partial charge in [0.15, 0.2) is 5.82 Å². The van der Waals surface area contributed by atoms with Crippen LogP contribution in [0.15, 0.2) is 12.1 Å². The summed E-state index contributed by atoms with van der Waals surface area (Å²) >= 11 is 5.45. The number of benzene rings is 1. The number of halogens is 2. The van der Waals surface area contributed by atoms with E-state index < -0.39 is 5.82 Å². The summed E-state index contributed by atoms with van der Waals surface area (Å²) in [5, 5.41) is 8.32. The normalized spacial score (nSPS) is 9.42. The zero-order chi connectivity index (χ0) is 9.14. The number of rotatable bonds is 1. The van der Waals surface area contributed by atoms with E-state index in [1.807, 2.05) is 6.07 Å². The highest BCUT2D eigenvalue weighted by atomic mass is 35.5. The number of nitrogen functional groups attached to an aromatic ring is 1. The fraction of sp³-hybridized carbons (Fsp3) is 0.125. The van der Waals surface area contributed by atoms with Gasteiger partial charge in [0.1, 0.15) is 0 Å². The molecule has 0 fully saturated rings. The Bertz CT molecular complexity index is 344. The third-order valence-corrected chi connectivity index (χ3v) is 1.78. The lowest BCUT2D eigenvalue weighted by Gasteiger charge is -2.03. The summed E-state index contributed by atoms with van der Waals surface area (Å²) < 4.78 is 12.9. The predicted octanol–water partition coefficient (Wildman–Crippen LogP) is 2.13. The van der Waals surface area contributed by atoms with Crippen molar-refractivity contribution in [1.82, 2.24) is 0 Å². The van der Waals surface area contributed by atoms with Gasteiger partial charge in [0.2, 0.25) is 0 Å². The monoisotopic (exact) mass is 184 g/mol. The molecule has 1 aromatic rings. The highest BCUT2D eigenvalue weighted by Gasteiger charge is 2.07. The lowest BCUT2D eigenvalue weighted by atomic mass is 10.1. The first kappa shape index (κ1) is 8.82. The Balaban J connectivity index is 3.19. The third kappa shape index (κ3) is 1.49. The smallest absolute Gasteiger partial charge is 0.164 e. The van der Waals surface area contributed by atoms with E-state index in [0.29, 0.717) is 5.56 Å². The van der Waals surface area contributed by atoms with Crippen molar-refractivity contribution in [2.75, 3.05) is 5.73 Å². The average molecular weight is 185 g/mol. The van der Waals surface area contributed by atoms with Crippen molar-refractivity contribution in [3.05, 3.63) is 28.5 Å². The minimum absolute atomic E-state index is 0.0193. The molecule has 0 atom stereocenters. The first-order valence-electron chi connectivity index (χ1n) is 3.26. The van der Waals surface area contributed by atoms with Crippen LogP contribution >= 0.6 is 11.6 Å². The van der Waals surface area contributed by atoms with Crippen LogP contribution in [0.2, 0.25) is 5.02 Å².